The third-order valence-corrected chi connectivity index (χ3v) is 6.75. The number of fused-ring (bicyclic) bond motifs is 4. The molecule has 2 saturated heterocycles. The van der Waals surface area contributed by atoms with Gasteiger partial charge < -0.3 is 20.1 Å². The van der Waals surface area contributed by atoms with Crippen molar-refractivity contribution in [3.8, 4) is 35.4 Å². The van der Waals surface area contributed by atoms with Crippen LogP contribution in [0.15, 0.2) is 30.3 Å². The average molecular weight is 473 g/mol. The number of nitrogens with zero attached hydrogens (tertiary/aromatic N) is 4. The first-order valence-electron chi connectivity index (χ1n) is 11.3. The summed E-state index contributed by atoms with van der Waals surface area (Å²) in [5, 5.41) is 14.7. The zero-order valence-corrected chi connectivity index (χ0v) is 18.8. The molecule has 0 aliphatic carbocycles. The number of halogens is 2. The normalized spacial score (nSPS) is 19.3. The van der Waals surface area contributed by atoms with Gasteiger partial charge in [-0.25, -0.2) is 13.8 Å². The topological polar surface area (TPSA) is 83.4 Å². The molecule has 7 nitrogen and oxygen atoms in total. The summed E-state index contributed by atoms with van der Waals surface area (Å²) in [4.78, 5) is 15.3. The Balaban J connectivity index is 1.65. The maximum atomic E-state index is 16.2. The smallest absolute Gasteiger partial charge is 0.318 e. The number of terminal acetylenes is 1. The number of aromatic nitrogens is 3. The molecule has 176 valence electrons. The van der Waals surface area contributed by atoms with Gasteiger partial charge >= 0.3 is 6.01 Å². The van der Waals surface area contributed by atoms with Crippen molar-refractivity contribution in [1.82, 2.24) is 20.3 Å². The predicted octanol–water partition coefficient (Wildman–Crippen LogP) is 3.76. The fourth-order valence-corrected chi connectivity index (χ4v) is 5.26. The minimum absolute atomic E-state index is 0.00986. The maximum absolute atomic E-state index is 16.2. The van der Waals surface area contributed by atoms with E-state index in [0.717, 1.165) is 12.8 Å². The van der Waals surface area contributed by atoms with Crippen LogP contribution in [0.1, 0.15) is 18.5 Å². The first-order valence-corrected chi connectivity index (χ1v) is 11.3. The van der Waals surface area contributed by atoms with Gasteiger partial charge in [-0.05, 0) is 42.3 Å². The lowest BCUT2D eigenvalue weighted by Gasteiger charge is -2.34. The van der Waals surface area contributed by atoms with E-state index in [-0.39, 0.29) is 39.6 Å². The van der Waals surface area contributed by atoms with Crippen LogP contribution in [0.5, 0.6) is 11.8 Å². The summed E-state index contributed by atoms with van der Waals surface area (Å²) in [5.74, 6) is 1.48. The second-order valence-electron chi connectivity index (χ2n) is 8.90. The number of phenols is 1. The minimum atomic E-state index is -0.797. The third-order valence-electron chi connectivity index (χ3n) is 6.75. The summed E-state index contributed by atoms with van der Waals surface area (Å²) < 4.78 is 36.3. The number of phenolic OH excluding ortho intramolecular Hbond substituents is 1. The largest absolute Gasteiger partial charge is 0.508 e. The molecule has 0 radical (unpaired) electrons. The molecule has 2 atom stereocenters. The van der Waals surface area contributed by atoms with Gasteiger partial charge in [0, 0.05) is 36.1 Å². The molecule has 9 heteroatoms. The first kappa shape index (κ1) is 21.5. The molecule has 6 rings (SSSR count). The number of rotatable bonds is 3. The van der Waals surface area contributed by atoms with Gasteiger partial charge in [0.2, 0.25) is 0 Å². The molecule has 0 spiro atoms. The van der Waals surface area contributed by atoms with Gasteiger partial charge in [0.1, 0.15) is 34.3 Å². The van der Waals surface area contributed by atoms with Gasteiger partial charge in [0.15, 0.2) is 5.82 Å². The van der Waals surface area contributed by atoms with Crippen LogP contribution in [-0.2, 0) is 0 Å². The molecule has 2 fully saturated rings. The standard InChI is InChI=1S/C26H21F2N5O2/c1-3-19-21-24(31-26(35-2)32-25(21)33-11-14-7-8-15(12-33)29-14)22(28)23(30-19)17-10-16(34)9-13-5-4-6-18(27)20(13)17/h1,4-6,9-10,14-15,29,34H,7-8,11-12H2,2H3. The molecule has 4 aromatic rings. The Bertz CT molecular complexity index is 1540. The summed E-state index contributed by atoms with van der Waals surface area (Å²) in [7, 11) is 1.41. The van der Waals surface area contributed by atoms with Crippen molar-refractivity contribution in [3.05, 3.63) is 47.7 Å². The van der Waals surface area contributed by atoms with E-state index < -0.39 is 11.6 Å². The first-order chi connectivity index (χ1) is 17.0. The van der Waals surface area contributed by atoms with Crippen LogP contribution in [0.3, 0.4) is 0 Å². The van der Waals surface area contributed by atoms with Gasteiger partial charge in [0.25, 0.3) is 0 Å². The third kappa shape index (κ3) is 3.41. The average Bonchev–Trinajstić information content (AvgIpc) is 3.20. The molecule has 35 heavy (non-hydrogen) atoms. The molecule has 2 bridgehead atoms. The van der Waals surface area contributed by atoms with Crippen molar-refractivity contribution < 1.29 is 18.6 Å². The number of pyridine rings is 1. The lowest BCUT2D eigenvalue weighted by Crippen LogP contribution is -2.51. The van der Waals surface area contributed by atoms with Crippen LogP contribution in [0.25, 0.3) is 32.9 Å². The van der Waals surface area contributed by atoms with Crippen LogP contribution in [0.4, 0.5) is 14.6 Å². The number of hydrogen-bond donors (Lipinski definition) is 2. The lowest BCUT2D eigenvalue weighted by molar-refractivity contribution is 0.380. The van der Waals surface area contributed by atoms with Gasteiger partial charge in [-0.3, -0.25) is 0 Å². The van der Waals surface area contributed by atoms with E-state index in [0.29, 0.717) is 41.8 Å². The maximum Gasteiger partial charge on any atom is 0.318 e. The number of anilines is 1. The second-order valence-corrected chi connectivity index (χ2v) is 8.90. The van der Waals surface area contributed by atoms with E-state index in [1.165, 1.54) is 31.4 Å². The van der Waals surface area contributed by atoms with E-state index in [1.807, 2.05) is 0 Å². The Hall–Kier alpha value is -4.03. The van der Waals surface area contributed by atoms with E-state index in [9.17, 15) is 9.50 Å². The molecule has 2 aliphatic rings. The highest BCUT2D eigenvalue weighted by Gasteiger charge is 2.35. The zero-order chi connectivity index (χ0) is 24.3. The van der Waals surface area contributed by atoms with Crippen molar-refractivity contribution in [3.63, 3.8) is 0 Å². The summed E-state index contributed by atoms with van der Waals surface area (Å²) in [6.07, 6.45) is 7.95. The van der Waals surface area contributed by atoms with Crippen LogP contribution in [-0.4, -0.2) is 52.3 Å². The number of piperazine rings is 1. The van der Waals surface area contributed by atoms with Crippen molar-refractivity contribution >= 4 is 27.5 Å². The van der Waals surface area contributed by atoms with Crippen LogP contribution in [0.2, 0.25) is 0 Å². The van der Waals surface area contributed by atoms with Gasteiger partial charge in [-0.2, -0.15) is 9.97 Å². The van der Waals surface area contributed by atoms with E-state index in [2.05, 4.69) is 31.1 Å². The lowest BCUT2D eigenvalue weighted by atomic mass is 9.99. The Morgan fingerprint density at radius 3 is 2.60 bits per heavy atom. The SMILES string of the molecule is C#Cc1nc(-c2cc(O)cc3cccc(F)c23)c(F)c2nc(OC)nc(N3CC4CCC(C3)N4)c12. The Morgan fingerprint density at radius 2 is 1.89 bits per heavy atom. The van der Waals surface area contributed by atoms with Crippen LogP contribution in [0, 0.1) is 24.0 Å². The van der Waals surface area contributed by atoms with Crippen molar-refractivity contribution in [2.45, 2.75) is 24.9 Å². The molecular weight excluding hydrogens is 452 g/mol. The molecule has 0 saturated carbocycles. The van der Waals surface area contributed by atoms with E-state index in [1.54, 1.807) is 6.07 Å². The summed E-state index contributed by atoms with van der Waals surface area (Å²) in [6, 6.07) is 7.70. The van der Waals surface area contributed by atoms with E-state index in [4.69, 9.17) is 11.2 Å². The summed E-state index contributed by atoms with van der Waals surface area (Å²) in [6.45, 7) is 1.36. The van der Waals surface area contributed by atoms with Crippen molar-refractivity contribution in [2.75, 3.05) is 25.1 Å². The highest BCUT2D eigenvalue weighted by atomic mass is 19.1. The molecule has 2 unspecified atom stereocenters. The molecular formula is C26H21F2N5O2. The monoisotopic (exact) mass is 473 g/mol. The Labute approximate surface area is 199 Å². The zero-order valence-electron chi connectivity index (χ0n) is 18.8. The Morgan fingerprint density at radius 1 is 1.11 bits per heavy atom. The fraction of sp³-hybridized carbons (Fsp3) is 0.269. The highest BCUT2D eigenvalue weighted by molar-refractivity contribution is 6.01. The van der Waals surface area contributed by atoms with Gasteiger partial charge in [-0.1, -0.05) is 12.1 Å². The minimum Gasteiger partial charge on any atom is -0.508 e. The fourth-order valence-electron chi connectivity index (χ4n) is 5.26. The van der Waals surface area contributed by atoms with Crippen molar-refractivity contribution in [2.24, 2.45) is 0 Å². The van der Waals surface area contributed by atoms with Crippen molar-refractivity contribution in [1.29, 1.82) is 0 Å². The van der Waals surface area contributed by atoms with Crippen LogP contribution < -0.4 is 15.0 Å². The number of methoxy groups -OCH3 is 1. The molecule has 2 aliphatic heterocycles. The quantitative estimate of drug-likeness (QED) is 0.439. The van der Waals surface area contributed by atoms with Gasteiger partial charge in [0.05, 0.1) is 12.5 Å². The van der Waals surface area contributed by atoms with E-state index >= 15 is 4.39 Å². The number of benzene rings is 2. The Kier molecular flexibility index (Phi) is 4.93. The molecule has 2 aromatic heterocycles. The number of nitrogens with one attached hydrogen (secondary N) is 1. The number of aromatic hydroxyl groups is 1. The van der Waals surface area contributed by atoms with Crippen LogP contribution >= 0.6 is 0 Å². The summed E-state index contributed by atoms with van der Waals surface area (Å²) in [5.41, 5.74) is -0.0619. The summed E-state index contributed by atoms with van der Waals surface area (Å²) >= 11 is 0. The molecule has 2 aromatic carbocycles. The second kappa shape index (κ2) is 8.03. The number of hydrogen-bond acceptors (Lipinski definition) is 7. The number of ether oxygens (including phenoxy) is 1. The highest BCUT2D eigenvalue weighted by Crippen LogP contribution is 2.39. The van der Waals surface area contributed by atoms with Gasteiger partial charge in [-0.15, -0.1) is 6.42 Å². The molecule has 2 N–H and O–H groups in total. The predicted molar refractivity (Wildman–Crippen MR) is 129 cm³/mol. The molecule has 4 heterocycles. The molecule has 0 amide bonds.